The van der Waals surface area contributed by atoms with E-state index in [0.29, 0.717) is 24.3 Å². The van der Waals surface area contributed by atoms with Gasteiger partial charge in [-0.25, -0.2) is 0 Å². The van der Waals surface area contributed by atoms with Crippen LogP contribution in [0.5, 0.6) is 0 Å². The van der Waals surface area contributed by atoms with E-state index in [1.807, 2.05) is 0 Å². The normalized spacial score (nSPS) is 16.3. The van der Waals surface area contributed by atoms with Gasteiger partial charge in [-0.1, -0.05) is 5.92 Å². The molecule has 1 saturated heterocycles. The van der Waals surface area contributed by atoms with Crippen molar-refractivity contribution >= 4 is 34.8 Å². The average Bonchev–Trinajstić information content (AvgIpc) is 2.56. The highest BCUT2D eigenvalue weighted by Gasteiger charge is 2.42. The molecule has 0 spiro atoms. The van der Waals surface area contributed by atoms with Crippen LogP contribution in [0.2, 0.25) is 0 Å². The van der Waals surface area contributed by atoms with Crippen LogP contribution >= 0.6 is 12.2 Å². The summed E-state index contributed by atoms with van der Waals surface area (Å²) >= 11 is 5.18. The second kappa shape index (κ2) is 7.11. The van der Waals surface area contributed by atoms with Gasteiger partial charge in [0.15, 0.2) is 5.11 Å². The molecule has 2 amide bonds. The first-order chi connectivity index (χ1) is 11.0. The van der Waals surface area contributed by atoms with Crippen molar-refractivity contribution in [1.82, 2.24) is 9.80 Å². The van der Waals surface area contributed by atoms with Crippen molar-refractivity contribution in [3.05, 3.63) is 29.8 Å². The number of azo groups is 1. The number of hydrogen-bond acceptors (Lipinski definition) is 5. The lowest BCUT2D eigenvalue weighted by Gasteiger charge is -2.36. The molecule has 1 aromatic carbocycles. The minimum atomic E-state index is -1.20. The van der Waals surface area contributed by atoms with E-state index < -0.39 is 17.9 Å². The third kappa shape index (κ3) is 3.27. The monoisotopic (exact) mass is 328 g/mol. The average molecular weight is 328 g/mol. The van der Waals surface area contributed by atoms with E-state index in [1.165, 1.54) is 9.80 Å². The van der Waals surface area contributed by atoms with Gasteiger partial charge in [0.2, 0.25) is 6.04 Å². The highest BCUT2D eigenvalue weighted by Crippen LogP contribution is 2.19. The van der Waals surface area contributed by atoms with Crippen LogP contribution in [0.4, 0.5) is 5.69 Å². The first kappa shape index (κ1) is 16.8. The van der Waals surface area contributed by atoms with E-state index in [4.69, 9.17) is 18.6 Å². The molecule has 1 aromatic rings. The van der Waals surface area contributed by atoms with Crippen LogP contribution in [0.25, 0.3) is 0 Å². The number of rotatable bonds is 4. The van der Waals surface area contributed by atoms with Crippen molar-refractivity contribution in [3.8, 4) is 12.3 Å². The predicted molar refractivity (Wildman–Crippen MR) is 90.1 cm³/mol. The number of thiocarbonyl (C=S) groups is 1. The zero-order valence-electron chi connectivity index (χ0n) is 12.9. The van der Waals surface area contributed by atoms with Crippen LogP contribution in [0.3, 0.4) is 0 Å². The Labute approximate surface area is 140 Å². The Morgan fingerprint density at radius 3 is 2.09 bits per heavy atom. The van der Waals surface area contributed by atoms with Gasteiger partial charge in [-0.05, 0) is 50.3 Å². The molecule has 0 N–H and O–H groups in total. The molecule has 0 atom stereocenters. The lowest BCUT2D eigenvalue weighted by atomic mass is 10.2. The lowest BCUT2D eigenvalue weighted by Crippen LogP contribution is -2.61. The third-order valence-electron chi connectivity index (χ3n) is 3.42. The van der Waals surface area contributed by atoms with Crippen LogP contribution in [0.15, 0.2) is 34.5 Å². The van der Waals surface area contributed by atoms with Gasteiger partial charge in [-0.15, -0.1) is 6.42 Å². The highest BCUT2D eigenvalue weighted by atomic mass is 32.1. The van der Waals surface area contributed by atoms with Crippen LogP contribution < -0.4 is 0 Å². The molecule has 1 aliphatic heterocycles. The Kier molecular flexibility index (Phi) is 5.19. The minimum absolute atomic E-state index is 0.217. The van der Waals surface area contributed by atoms with Crippen molar-refractivity contribution in [2.75, 3.05) is 13.1 Å². The molecule has 1 aliphatic rings. The van der Waals surface area contributed by atoms with Crippen LogP contribution in [-0.4, -0.2) is 45.9 Å². The molecule has 1 fully saturated rings. The molecule has 23 heavy (non-hydrogen) atoms. The SMILES string of the molecule is C#Cc1ccc(N=NC2C(=O)N(CC)C(=S)N(CC)C2=O)cc1. The molecule has 0 bridgehead atoms. The fraction of sp³-hybridized carbons (Fsp3) is 0.312. The Morgan fingerprint density at radius 1 is 1.13 bits per heavy atom. The van der Waals surface area contributed by atoms with E-state index in [-0.39, 0.29) is 5.11 Å². The highest BCUT2D eigenvalue weighted by molar-refractivity contribution is 7.80. The topological polar surface area (TPSA) is 65.3 Å². The van der Waals surface area contributed by atoms with Gasteiger partial charge in [0.1, 0.15) is 0 Å². The van der Waals surface area contributed by atoms with E-state index in [2.05, 4.69) is 16.1 Å². The Bertz CT molecular complexity index is 680. The Morgan fingerprint density at radius 2 is 1.65 bits per heavy atom. The molecule has 0 aromatic heterocycles. The van der Waals surface area contributed by atoms with Gasteiger partial charge in [-0.3, -0.25) is 19.4 Å². The van der Waals surface area contributed by atoms with Crippen LogP contribution in [0, 0.1) is 12.3 Å². The summed E-state index contributed by atoms with van der Waals surface area (Å²) in [5.41, 5.74) is 1.23. The lowest BCUT2D eigenvalue weighted by molar-refractivity contribution is -0.142. The summed E-state index contributed by atoms with van der Waals surface area (Å²) in [5.74, 6) is 1.60. The standard InChI is InChI=1S/C16H16N4O2S/c1-4-11-7-9-12(10-8-11)17-18-13-14(21)19(5-2)16(23)20(6-3)15(13)22/h1,7-10,13H,5-6H2,2-3H3. The second-order valence-electron chi connectivity index (χ2n) is 4.76. The van der Waals surface area contributed by atoms with Crippen molar-refractivity contribution in [2.24, 2.45) is 10.2 Å². The van der Waals surface area contributed by atoms with E-state index in [1.54, 1.807) is 38.1 Å². The van der Waals surface area contributed by atoms with E-state index in [0.717, 1.165) is 0 Å². The van der Waals surface area contributed by atoms with Gasteiger partial charge < -0.3 is 0 Å². The minimum Gasteiger partial charge on any atom is -0.287 e. The molecule has 118 valence electrons. The zero-order valence-corrected chi connectivity index (χ0v) is 13.7. The van der Waals surface area contributed by atoms with Gasteiger partial charge in [0, 0.05) is 18.7 Å². The van der Waals surface area contributed by atoms with Crippen molar-refractivity contribution in [1.29, 1.82) is 0 Å². The van der Waals surface area contributed by atoms with Gasteiger partial charge >= 0.3 is 0 Å². The number of nitrogens with zero attached hydrogens (tertiary/aromatic N) is 4. The number of likely N-dealkylation sites (N-methyl/N-ethyl adjacent to an activating group) is 2. The summed E-state index contributed by atoms with van der Waals surface area (Å²) in [5, 5.41) is 8.14. The molecule has 1 heterocycles. The smallest absolute Gasteiger partial charge is 0.265 e. The molecule has 6 nitrogen and oxygen atoms in total. The maximum absolute atomic E-state index is 12.4. The molecule has 0 saturated carbocycles. The summed E-state index contributed by atoms with van der Waals surface area (Å²) in [7, 11) is 0. The number of carbonyl (C=O) groups excluding carboxylic acids is 2. The largest absolute Gasteiger partial charge is 0.287 e. The molecule has 2 rings (SSSR count). The fourth-order valence-corrected chi connectivity index (χ4v) is 2.60. The zero-order chi connectivity index (χ0) is 17.0. The fourth-order valence-electron chi connectivity index (χ4n) is 2.16. The van der Waals surface area contributed by atoms with E-state index in [9.17, 15) is 9.59 Å². The van der Waals surface area contributed by atoms with Crippen molar-refractivity contribution in [2.45, 2.75) is 19.9 Å². The first-order valence-electron chi connectivity index (χ1n) is 7.17. The molecule has 0 aliphatic carbocycles. The summed E-state index contributed by atoms with van der Waals surface area (Å²) in [6, 6.07) is 5.58. The number of carbonyl (C=O) groups is 2. The summed E-state index contributed by atoms with van der Waals surface area (Å²) in [6.07, 6.45) is 5.28. The second-order valence-corrected chi connectivity index (χ2v) is 5.12. The molecular weight excluding hydrogens is 312 g/mol. The van der Waals surface area contributed by atoms with E-state index >= 15 is 0 Å². The van der Waals surface area contributed by atoms with Crippen LogP contribution in [-0.2, 0) is 9.59 Å². The Hall–Kier alpha value is -2.59. The number of benzene rings is 1. The molecular formula is C16H16N4O2S. The summed E-state index contributed by atoms with van der Waals surface area (Å²) < 4.78 is 0. The van der Waals surface area contributed by atoms with Gasteiger partial charge in [0.05, 0.1) is 5.69 Å². The summed E-state index contributed by atoms with van der Waals surface area (Å²) in [4.78, 5) is 27.5. The molecule has 0 unspecified atom stereocenters. The Balaban J connectivity index is 2.27. The number of hydrogen-bond donors (Lipinski definition) is 0. The maximum Gasteiger partial charge on any atom is 0.265 e. The predicted octanol–water partition coefficient (Wildman–Crippen LogP) is 2.12. The van der Waals surface area contributed by atoms with Gasteiger partial charge in [0.25, 0.3) is 11.8 Å². The van der Waals surface area contributed by atoms with Crippen LogP contribution in [0.1, 0.15) is 19.4 Å². The maximum atomic E-state index is 12.4. The first-order valence-corrected chi connectivity index (χ1v) is 7.58. The van der Waals surface area contributed by atoms with Gasteiger partial charge in [-0.2, -0.15) is 10.2 Å². The number of amides is 2. The molecule has 0 radical (unpaired) electrons. The molecule has 7 heteroatoms. The quantitative estimate of drug-likeness (QED) is 0.368. The van der Waals surface area contributed by atoms with Crippen molar-refractivity contribution < 1.29 is 9.59 Å². The number of terminal acetylenes is 1. The third-order valence-corrected chi connectivity index (χ3v) is 3.86. The summed E-state index contributed by atoms with van der Waals surface area (Å²) in [6.45, 7) is 4.34. The van der Waals surface area contributed by atoms with Crippen molar-refractivity contribution in [3.63, 3.8) is 0 Å².